The van der Waals surface area contributed by atoms with Gasteiger partial charge in [0, 0.05) is 36.4 Å². The van der Waals surface area contributed by atoms with E-state index < -0.39 is 11.6 Å². The molecule has 26 heavy (non-hydrogen) atoms. The Morgan fingerprint density at radius 1 is 1.00 bits per heavy atom. The standard InChI is InChI=1S/C21H22F2N2O/c22-18-7-4-8-19(23)20(18)15-9-16(15)21(26)25-11-14(10-24)17(12-25)13-5-2-1-3-6-13/h1-8,14-17H,9-12,24H2/t14-,15?,16?,17+/m1/s1. The minimum absolute atomic E-state index is 0.00506. The van der Waals surface area contributed by atoms with Gasteiger partial charge in [0.25, 0.3) is 0 Å². The minimum atomic E-state index is -0.561. The van der Waals surface area contributed by atoms with Gasteiger partial charge in [-0.15, -0.1) is 0 Å². The van der Waals surface area contributed by atoms with E-state index in [-0.39, 0.29) is 35.1 Å². The predicted octanol–water partition coefficient (Wildman–Crippen LogP) is 3.27. The smallest absolute Gasteiger partial charge is 0.226 e. The number of benzene rings is 2. The summed E-state index contributed by atoms with van der Waals surface area (Å²) in [7, 11) is 0. The molecule has 0 radical (unpaired) electrons. The quantitative estimate of drug-likeness (QED) is 0.914. The number of amides is 1. The lowest BCUT2D eigenvalue weighted by molar-refractivity contribution is -0.131. The van der Waals surface area contributed by atoms with E-state index in [4.69, 9.17) is 5.73 Å². The van der Waals surface area contributed by atoms with Gasteiger partial charge in [0.15, 0.2) is 0 Å². The lowest BCUT2D eigenvalue weighted by Gasteiger charge is -2.17. The monoisotopic (exact) mass is 356 g/mol. The molecule has 2 aromatic carbocycles. The second kappa shape index (κ2) is 6.80. The fraction of sp³-hybridized carbons (Fsp3) is 0.381. The zero-order valence-corrected chi connectivity index (χ0v) is 14.4. The molecule has 2 N–H and O–H groups in total. The van der Waals surface area contributed by atoms with Crippen LogP contribution in [-0.4, -0.2) is 30.4 Å². The highest BCUT2D eigenvalue weighted by atomic mass is 19.1. The van der Waals surface area contributed by atoms with E-state index in [0.29, 0.717) is 26.1 Å². The molecule has 2 fully saturated rings. The summed E-state index contributed by atoms with van der Waals surface area (Å²) < 4.78 is 27.9. The van der Waals surface area contributed by atoms with Crippen LogP contribution in [-0.2, 0) is 4.79 Å². The summed E-state index contributed by atoms with van der Waals surface area (Å²) >= 11 is 0. The van der Waals surface area contributed by atoms with Gasteiger partial charge in [0.2, 0.25) is 5.91 Å². The summed E-state index contributed by atoms with van der Waals surface area (Å²) in [5, 5.41) is 0. The van der Waals surface area contributed by atoms with E-state index in [1.165, 1.54) is 23.8 Å². The number of hydrogen-bond donors (Lipinski definition) is 1. The van der Waals surface area contributed by atoms with Gasteiger partial charge in [-0.2, -0.15) is 0 Å². The molecule has 1 heterocycles. The van der Waals surface area contributed by atoms with Crippen molar-refractivity contribution in [2.45, 2.75) is 18.3 Å². The highest BCUT2D eigenvalue weighted by molar-refractivity contribution is 5.83. The van der Waals surface area contributed by atoms with Gasteiger partial charge in [-0.25, -0.2) is 8.78 Å². The van der Waals surface area contributed by atoms with Crippen LogP contribution in [0.3, 0.4) is 0 Å². The zero-order chi connectivity index (χ0) is 18.3. The van der Waals surface area contributed by atoms with E-state index >= 15 is 0 Å². The predicted molar refractivity (Wildman–Crippen MR) is 95.5 cm³/mol. The van der Waals surface area contributed by atoms with Crippen molar-refractivity contribution >= 4 is 5.91 Å². The van der Waals surface area contributed by atoms with Crippen LogP contribution in [0.25, 0.3) is 0 Å². The highest BCUT2D eigenvalue weighted by Crippen LogP contribution is 2.50. The van der Waals surface area contributed by atoms with Gasteiger partial charge < -0.3 is 10.6 Å². The molecule has 0 aromatic heterocycles. The lowest BCUT2D eigenvalue weighted by Crippen LogP contribution is -2.31. The molecule has 1 saturated heterocycles. The van der Waals surface area contributed by atoms with E-state index in [9.17, 15) is 13.6 Å². The van der Waals surface area contributed by atoms with Crippen LogP contribution in [0.2, 0.25) is 0 Å². The van der Waals surface area contributed by atoms with Crippen molar-refractivity contribution in [3.8, 4) is 0 Å². The molecule has 4 rings (SSSR count). The molecule has 1 aliphatic carbocycles. The molecular weight excluding hydrogens is 334 g/mol. The van der Waals surface area contributed by atoms with Gasteiger partial charge in [0.05, 0.1) is 0 Å². The van der Waals surface area contributed by atoms with Crippen molar-refractivity contribution in [1.29, 1.82) is 0 Å². The average molecular weight is 356 g/mol. The molecule has 1 aliphatic heterocycles. The van der Waals surface area contributed by atoms with Crippen LogP contribution in [0, 0.1) is 23.5 Å². The molecule has 3 nitrogen and oxygen atoms in total. The maximum Gasteiger partial charge on any atom is 0.226 e. The molecule has 136 valence electrons. The summed E-state index contributed by atoms with van der Waals surface area (Å²) in [4.78, 5) is 14.7. The first-order valence-electron chi connectivity index (χ1n) is 9.08. The van der Waals surface area contributed by atoms with Gasteiger partial charge >= 0.3 is 0 Å². The number of rotatable bonds is 4. The molecule has 0 bridgehead atoms. The highest BCUT2D eigenvalue weighted by Gasteiger charge is 2.50. The molecule has 4 atom stereocenters. The number of halogens is 2. The van der Waals surface area contributed by atoms with Crippen LogP contribution in [0.1, 0.15) is 29.4 Å². The van der Waals surface area contributed by atoms with Crippen LogP contribution in [0.5, 0.6) is 0 Å². The molecule has 0 spiro atoms. The number of hydrogen-bond acceptors (Lipinski definition) is 2. The van der Waals surface area contributed by atoms with Crippen LogP contribution < -0.4 is 5.73 Å². The largest absolute Gasteiger partial charge is 0.341 e. The number of nitrogens with two attached hydrogens (primary N) is 1. The first-order chi connectivity index (χ1) is 12.6. The third kappa shape index (κ3) is 3.01. The van der Waals surface area contributed by atoms with Crippen molar-refractivity contribution in [3.05, 3.63) is 71.3 Å². The molecule has 2 aromatic rings. The van der Waals surface area contributed by atoms with Crippen LogP contribution >= 0.6 is 0 Å². The fourth-order valence-electron chi connectivity index (χ4n) is 4.25. The normalized spacial score (nSPS) is 27.6. The summed E-state index contributed by atoms with van der Waals surface area (Å²) in [6.07, 6.45) is 0.510. The Morgan fingerprint density at radius 3 is 2.35 bits per heavy atom. The average Bonchev–Trinajstić information content (AvgIpc) is 3.30. The molecule has 2 aliphatic rings. The Labute approximate surface area is 151 Å². The molecular formula is C21H22F2N2O. The first-order valence-corrected chi connectivity index (χ1v) is 9.08. The van der Waals surface area contributed by atoms with Gasteiger partial charge in [-0.1, -0.05) is 36.4 Å². The summed E-state index contributed by atoms with van der Waals surface area (Å²) in [5.74, 6) is -1.38. The van der Waals surface area contributed by atoms with Crippen molar-refractivity contribution < 1.29 is 13.6 Å². The number of nitrogens with zero attached hydrogens (tertiary/aromatic N) is 1. The Bertz CT molecular complexity index is 791. The summed E-state index contributed by atoms with van der Waals surface area (Å²) in [5.41, 5.74) is 7.18. The Morgan fingerprint density at radius 2 is 1.69 bits per heavy atom. The topological polar surface area (TPSA) is 46.3 Å². The van der Waals surface area contributed by atoms with Crippen molar-refractivity contribution in [2.24, 2.45) is 17.6 Å². The SMILES string of the molecule is NC[C@@H]1CN(C(=O)C2CC2c2c(F)cccc2F)C[C@H]1c1ccccc1. The second-order valence-corrected chi connectivity index (χ2v) is 7.34. The van der Waals surface area contributed by atoms with E-state index in [1.54, 1.807) is 0 Å². The first kappa shape index (κ1) is 17.2. The van der Waals surface area contributed by atoms with Crippen molar-refractivity contribution in [1.82, 2.24) is 4.90 Å². The minimum Gasteiger partial charge on any atom is -0.341 e. The maximum absolute atomic E-state index is 14.0. The Hall–Kier alpha value is -2.27. The number of carbonyl (C=O) groups is 1. The zero-order valence-electron chi connectivity index (χ0n) is 14.4. The fourth-order valence-corrected chi connectivity index (χ4v) is 4.25. The van der Waals surface area contributed by atoms with Crippen molar-refractivity contribution in [3.63, 3.8) is 0 Å². The van der Waals surface area contributed by atoms with E-state index in [2.05, 4.69) is 12.1 Å². The molecule has 1 amide bonds. The number of likely N-dealkylation sites (tertiary alicyclic amines) is 1. The van der Waals surface area contributed by atoms with E-state index in [0.717, 1.165) is 0 Å². The summed E-state index contributed by atoms with van der Waals surface area (Å²) in [6, 6.07) is 13.9. The van der Waals surface area contributed by atoms with Gasteiger partial charge in [-0.05, 0) is 36.6 Å². The van der Waals surface area contributed by atoms with E-state index in [1.807, 2.05) is 23.1 Å². The lowest BCUT2D eigenvalue weighted by atomic mass is 9.89. The Balaban J connectivity index is 1.48. The third-order valence-corrected chi connectivity index (χ3v) is 5.76. The van der Waals surface area contributed by atoms with Crippen LogP contribution in [0.15, 0.2) is 48.5 Å². The molecule has 2 unspecified atom stereocenters. The van der Waals surface area contributed by atoms with Gasteiger partial charge in [-0.3, -0.25) is 4.79 Å². The van der Waals surface area contributed by atoms with Gasteiger partial charge in [0.1, 0.15) is 11.6 Å². The van der Waals surface area contributed by atoms with Crippen LogP contribution in [0.4, 0.5) is 8.78 Å². The molecule has 5 heteroatoms. The number of carbonyl (C=O) groups excluding carboxylic acids is 1. The second-order valence-electron chi connectivity index (χ2n) is 7.34. The molecule has 1 saturated carbocycles. The summed E-state index contributed by atoms with van der Waals surface area (Å²) in [6.45, 7) is 1.74. The Kier molecular flexibility index (Phi) is 4.49. The van der Waals surface area contributed by atoms with Crippen molar-refractivity contribution in [2.75, 3.05) is 19.6 Å². The third-order valence-electron chi connectivity index (χ3n) is 5.76. The maximum atomic E-state index is 14.0.